The topological polar surface area (TPSA) is 29.3 Å². The highest BCUT2D eigenvalue weighted by atomic mass is 32.1. The van der Waals surface area contributed by atoms with Crippen LogP contribution in [0, 0.1) is 17.3 Å². The van der Waals surface area contributed by atoms with E-state index in [0.29, 0.717) is 17.4 Å². The standard InChI is InChI=1S/C18H30N2S/c1-13-17(19)7-4-15(18(13,2)3)11-20(16-5-6-16)10-14-8-9-21-12-14/h8-9,12-13,15-17H,4-7,10-11,19H2,1-3H3. The summed E-state index contributed by atoms with van der Waals surface area (Å²) in [5.74, 6) is 1.41. The van der Waals surface area contributed by atoms with E-state index < -0.39 is 0 Å². The first-order chi connectivity index (χ1) is 9.98. The highest BCUT2D eigenvalue weighted by Crippen LogP contribution is 2.45. The first-order valence-electron chi connectivity index (χ1n) is 8.49. The summed E-state index contributed by atoms with van der Waals surface area (Å²) in [6.45, 7) is 9.64. The molecule has 3 unspecified atom stereocenters. The van der Waals surface area contributed by atoms with Gasteiger partial charge in [-0.3, -0.25) is 4.90 Å². The summed E-state index contributed by atoms with van der Waals surface area (Å²) >= 11 is 1.82. The fourth-order valence-electron chi connectivity index (χ4n) is 3.95. The van der Waals surface area contributed by atoms with Gasteiger partial charge in [-0.15, -0.1) is 0 Å². The van der Waals surface area contributed by atoms with Gasteiger partial charge in [-0.05, 0) is 65.3 Å². The van der Waals surface area contributed by atoms with Crippen molar-refractivity contribution in [2.24, 2.45) is 23.0 Å². The smallest absolute Gasteiger partial charge is 0.0245 e. The molecule has 1 heterocycles. The van der Waals surface area contributed by atoms with Gasteiger partial charge in [0.15, 0.2) is 0 Å². The van der Waals surface area contributed by atoms with E-state index in [1.54, 1.807) is 0 Å². The van der Waals surface area contributed by atoms with E-state index >= 15 is 0 Å². The van der Waals surface area contributed by atoms with Crippen LogP contribution in [0.15, 0.2) is 16.8 Å². The molecule has 1 aromatic heterocycles. The molecular weight excluding hydrogens is 276 g/mol. The molecule has 2 nitrogen and oxygen atoms in total. The molecule has 3 atom stereocenters. The molecule has 2 fully saturated rings. The second-order valence-electron chi connectivity index (χ2n) is 7.84. The third kappa shape index (κ3) is 3.35. The quantitative estimate of drug-likeness (QED) is 0.887. The molecule has 0 aromatic carbocycles. The molecule has 2 aliphatic carbocycles. The summed E-state index contributed by atoms with van der Waals surface area (Å²) in [5, 5.41) is 4.51. The second kappa shape index (κ2) is 6.02. The fourth-order valence-corrected chi connectivity index (χ4v) is 4.61. The van der Waals surface area contributed by atoms with Crippen LogP contribution in [-0.2, 0) is 6.54 Å². The van der Waals surface area contributed by atoms with Crippen molar-refractivity contribution in [3.05, 3.63) is 22.4 Å². The Labute approximate surface area is 133 Å². The molecule has 0 spiro atoms. The molecule has 0 amide bonds. The van der Waals surface area contributed by atoms with Crippen LogP contribution < -0.4 is 5.73 Å². The van der Waals surface area contributed by atoms with Crippen molar-refractivity contribution in [1.29, 1.82) is 0 Å². The minimum atomic E-state index is 0.361. The van der Waals surface area contributed by atoms with Crippen molar-refractivity contribution >= 4 is 11.3 Å². The molecule has 0 radical (unpaired) electrons. The average molecular weight is 307 g/mol. The Morgan fingerprint density at radius 2 is 2.05 bits per heavy atom. The van der Waals surface area contributed by atoms with Crippen LogP contribution in [0.25, 0.3) is 0 Å². The van der Waals surface area contributed by atoms with Gasteiger partial charge in [-0.25, -0.2) is 0 Å². The van der Waals surface area contributed by atoms with Gasteiger partial charge >= 0.3 is 0 Å². The van der Waals surface area contributed by atoms with Crippen molar-refractivity contribution in [2.45, 2.75) is 65.1 Å². The van der Waals surface area contributed by atoms with Crippen molar-refractivity contribution in [2.75, 3.05) is 6.54 Å². The molecule has 0 aliphatic heterocycles. The Hall–Kier alpha value is -0.380. The van der Waals surface area contributed by atoms with Crippen LogP contribution in [0.4, 0.5) is 0 Å². The van der Waals surface area contributed by atoms with Crippen molar-refractivity contribution < 1.29 is 0 Å². The monoisotopic (exact) mass is 306 g/mol. The van der Waals surface area contributed by atoms with Crippen LogP contribution in [-0.4, -0.2) is 23.5 Å². The van der Waals surface area contributed by atoms with E-state index in [0.717, 1.165) is 18.5 Å². The summed E-state index contributed by atoms with van der Waals surface area (Å²) < 4.78 is 0. The van der Waals surface area contributed by atoms with Gasteiger partial charge in [0, 0.05) is 25.2 Å². The third-order valence-corrected chi connectivity index (χ3v) is 6.93. The van der Waals surface area contributed by atoms with E-state index in [1.165, 1.54) is 37.8 Å². The van der Waals surface area contributed by atoms with Crippen LogP contribution in [0.2, 0.25) is 0 Å². The van der Waals surface area contributed by atoms with E-state index in [4.69, 9.17) is 5.73 Å². The van der Waals surface area contributed by atoms with Crippen molar-refractivity contribution in [1.82, 2.24) is 4.90 Å². The molecule has 118 valence electrons. The Kier molecular flexibility index (Phi) is 4.45. The van der Waals surface area contributed by atoms with Crippen molar-refractivity contribution in [3.63, 3.8) is 0 Å². The van der Waals surface area contributed by atoms with Crippen molar-refractivity contribution in [3.8, 4) is 0 Å². The first-order valence-corrected chi connectivity index (χ1v) is 9.43. The highest BCUT2D eigenvalue weighted by Gasteiger charge is 2.43. The SMILES string of the molecule is CC1C(N)CCC(CN(Cc2ccsc2)C2CC2)C1(C)C. The number of hydrogen-bond donors (Lipinski definition) is 1. The third-order valence-electron chi connectivity index (χ3n) is 6.20. The molecule has 2 aliphatic rings. The predicted molar refractivity (Wildman–Crippen MR) is 91.4 cm³/mol. The van der Waals surface area contributed by atoms with Gasteiger partial charge in [0.05, 0.1) is 0 Å². The van der Waals surface area contributed by atoms with Crippen LogP contribution in [0.3, 0.4) is 0 Å². The first kappa shape index (κ1) is 15.5. The largest absolute Gasteiger partial charge is 0.327 e. The zero-order valence-electron chi connectivity index (χ0n) is 13.7. The van der Waals surface area contributed by atoms with E-state index in [-0.39, 0.29) is 0 Å². The summed E-state index contributed by atoms with van der Waals surface area (Å²) in [6.07, 6.45) is 5.29. The Bertz CT molecular complexity index is 450. The number of thiophene rings is 1. The maximum absolute atomic E-state index is 6.32. The number of rotatable bonds is 5. The molecular formula is C18H30N2S. The zero-order chi connectivity index (χ0) is 15.0. The Morgan fingerprint density at radius 1 is 1.29 bits per heavy atom. The molecule has 1 aromatic rings. The minimum Gasteiger partial charge on any atom is -0.327 e. The molecule has 2 N–H and O–H groups in total. The van der Waals surface area contributed by atoms with Gasteiger partial charge in [0.2, 0.25) is 0 Å². The predicted octanol–water partition coefficient (Wildman–Crippen LogP) is 4.11. The summed E-state index contributed by atoms with van der Waals surface area (Å²) in [6, 6.07) is 3.51. The maximum Gasteiger partial charge on any atom is 0.0245 e. The Balaban J connectivity index is 1.67. The van der Waals surface area contributed by atoms with Gasteiger partial charge in [-0.1, -0.05) is 20.8 Å². The molecule has 2 saturated carbocycles. The van der Waals surface area contributed by atoms with Crippen LogP contribution in [0.5, 0.6) is 0 Å². The van der Waals surface area contributed by atoms with E-state index in [9.17, 15) is 0 Å². The molecule has 0 bridgehead atoms. The normalized spacial score (nSPS) is 32.5. The van der Waals surface area contributed by atoms with E-state index in [1.807, 2.05) is 11.3 Å². The number of hydrogen-bond acceptors (Lipinski definition) is 3. The number of nitrogens with two attached hydrogens (primary N) is 1. The second-order valence-corrected chi connectivity index (χ2v) is 8.62. The zero-order valence-corrected chi connectivity index (χ0v) is 14.5. The number of nitrogens with zero attached hydrogens (tertiary/aromatic N) is 1. The fraction of sp³-hybridized carbons (Fsp3) is 0.778. The van der Waals surface area contributed by atoms with Gasteiger partial charge in [0.1, 0.15) is 0 Å². The molecule has 0 saturated heterocycles. The lowest BCUT2D eigenvalue weighted by Crippen LogP contribution is -2.50. The van der Waals surface area contributed by atoms with Crippen LogP contribution in [0.1, 0.15) is 52.0 Å². The lowest BCUT2D eigenvalue weighted by molar-refractivity contribution is 0.0249. The Morgan fingerprint density at radius 3 is 2.67 bits per heavy atom. The molecule has 3 heteroatoms. The summed E-state index contributed by atoms with van der Waals surface area (Å²) in [4.78, 5) is 2.75. The highest BCUT2D eigenvalue weighted by molar-refractivity contribution is 7.07. The van der Waals surface area contributed by atoms with E-state index in [2.05, 4.69) is 42.5 Å². The molecule has 21 heavy (non-hydrogen) atoms. The van der Waals surface area contributed by atoms with Gasteiger partial charge in [-0.2, -0.15) is 11.3 Å². The summed E-state index contributed by atoms with van der Waals surface area (Å²) in [5.41, 5.74) is 8.17. The van der Waals surface area contributed by atoms with Gasteiger partial charge < -0.3 is 5.73 Å². The average Bonchev–Trinajstić information content (AvgIpc) is 3.17. The van der Waals surface area contributed by atoms with Gasteiger partial charge in [0.25, 0.3) is 0 Å². The maximum atomic E-state index is 6.32. The lowest BCUT2D eigenvalue weighted by Gasteiger charge is -2.48. The minimum absolute atomic E-state index is 0.361. The van der Waals surface area contributed by atoms with Crippen LogP contribution >= 0.6 is 11.3 Å². The molecule has 3 rings (SSSR count). The summed E-state index contributed by atoms with van der Waals surface area (Å²) in [7, 11) is 0. The lowest BCUT2D eigenvalue weighted by atomic mass is 9.61.